The lowest BCUT2D eigenvalue weighted by molar-refractivity contribution is 0.165. The Morgan fingerprint density at radius 3 is 2.71 bits per heavy atom. The van der Waals surface area contributed by atoms with E-state index in [1.165, 1.54) is 7.11 Å². The highest BCUT2D eigenvalue weighted by Gasteiger charge is 2.45. The monoisotopic (exact) mass is 467 g/mol. The first-order chi connectivity index (χ1) is 16.2. The molecule has 180 valence electrons. The van der Waals surface area contributed by atoms with Crippen molar-refractivity contribution in [3.63, 3.8) is 0 Å². The highest BCUT2D eigenvalue weighted by molar-refractivity contribution is 6.11. The largest absolute Gasteiger partial charge is 0.467 e. The van der Waals surface area contributed by atoms with Crippen LogP contribution < -0.4 is 15.4 Å². The minimum Gasteiger partial charge on any atom is -0.467 e. The summed E-state index contributed by atoms with van der Waals surface area (Å²) in [7, 11) is 5.38. The van der Waals surface area contributed by atoms with Gasteiger partial charge in [0, 0.05) is 12.1 Å². The zero-order valence-electron chi connectivity index (χ0n) is 20.1. The fraction of sp³-hybridized carbons (Fsp3) is 0.417. The Morgan fingerprint density at radius 2 is 2.03 bits per heavy atom. The number of carbonyl (C=O) groups is 1. The normalized spacial score (nSPS) is 17.5. The first-order valence-electron chi connectivity index (χ1n) is 11.1. The van der Waals surface area contributed by atoms with Crippen molar-refractivity contribution in [1.29, 1.82) is 0 Å². The Morgan fingerprint density at radius 1 is 1.29 bits per heavy atom. The van der Waals surface area contributed by atoms with E-state index in [-0.39, 0.29) is 23.9 Å². The molecular formula is C24H30FN7O2. The van der Waals surface area contributed by atoms with Gasteiger partial charge < -0.3 is 25.2 Å². The van der Waals surface area contributed by atoms with E-state index >= 15 is 0 Å². The van der Waals surface area contributed by atoms with Crippen LogP contribution in [0.2, 0.25) is 0 Å². The van der Waals surface area contributed by atoms with Gasteiger partial charge in [0.25, 0.3) is 0 Å². The van der Waals surface area contributed by atoms with Crippen LogP contribution in [0.5, 0.6) is 6.01 Å². The van der Waals surface area contributed by atoms with Gasteiger partial charge in [-0.3, -0.25) is 4.99 Å². The van der Waals surface area contributed by atoms with Gasteiger partial charge in [-0.05, 0) is 39.1 Å². The quantitative estimate of drug-likeness (QED) is 0.679. The number of likely N-dealkylation sites (N-methyl/N-ethyl adjacent to an activating group) is 1. The van der Waals surface area contributed by atoms with E-state index in [4.69, 9.17) is 4.74 Å². The van der Waals surface area contributed by atoms with Crippen molar-refractivity contribution in [2.45, 2.75) is 25.4 Å². The Bertz CT molecular complexity index is 1130. The Kier molecular flexibility index (Phi) is 6.52. The third-order valence-electron chi connectivity index (χ3n) is 6.21. The Labute approximate surface area is 198 Å². The zero-order valence-corrected chi connectivity index (χ0v) is 20.1. The fourth-order valence-electron chi connectivity index (χ4n) is 4.35. The minimum atomic E-state index is -0.612. The lowest BCUT2D eigenvalue weighted by atomic mass is 9.94. The van der Waals surface area contributed by atoms with Gasteiger partial charge in [-0.1, -0.05) is 30.3 Å². The molecule has 0 saturated heterocycles. The van der Waals surface area contributed by atoms with Gasteiger partial charge in [-0.25, -0.2) is 14.2 Å². The average Bonchev–Trinajstić information content (AvgIpc) is 3.33. The smallest absolute Gasteiger partial charge is 0.318 e. The molecule has 0 aliphatic carbocycles. The molecule has 0 fully saturated rings. The number of halogens is 1. The summed E-state index contributed by atoms with van der Waals surface area (Å²) in [6.07, 6.45) is 1.05. The van der Waals surface area contributed by atoms with E-state index in [2.05, 4.69) is 25.6 Å². The maximum absolute atomic E-state index is 14.3. The molecule has 10 heteroatoms. The van der Waals surface area contributed by atoms with Crippen molar-refractivity contribution in [3.8, 4) is 6.01 Å². The molecule has 3 heterocycles. The molecule has 1 aromatic heterocycles. The number of ether oxygens (including phenoxy) is 1. The Hall–Kier alpha value is -3.53. The summed E-state index contributed by atoms with van der Waals surface area (Å²) in [6, 6.07) is 9.65. The molecule has 0 bridgehead atoms. The number of urea groups is 1. The van der Waals surface area contributed by atoms with Crippen LogP contribution in [-0.2, 0) is 0 Å². The van der Waals surface area contributed by atoms with Crippen molar-refractivity contribution >= 4 is 17.7 Å². The summed E-state index contributed by atoms with van der Waals surface area (Å²) in [6.45, 7) is 5.46. The van der Waals surface area contributed by atoms with E-state index in [0.717, 1.165) is 22.9 Å². The summed E-state index contributed by atoms with van der Waals surface area (Å²) in [5, 5.41) is 6.17. The number of hydrogen-bond donors (Lipinski definition) is 2. The fourth-order valence-corrected chi connectivity index (χ4v) is 4.35. The minimum absolute atomic E-state index is 0.0183. The van der Waals surface area contributed by atoms with E-state index in [9.17, 15) is 9.18 Å². The van der Waals surface area contributed by atoms with Gasteiger partial charge in [0.15, 0.2) is 11.6 Å². The molecule has 2 aromatic rings. The van der Waals surface area contributed by atoms with Crippen LogP contribution >= 0.6 is 0 Å². The molecule has 2 aliphatic heterocycles. The number of nitrogens with one attached hydrogen (secondary N) is 2. The second-order valence-corrected chi connectivity index (χ2v) is 9.12. The van der Waals surface area contributed by atoms with Crippen LogP contribution in [0.25, 0.3) is 0 Å². The summed E-state index contributed by atoms with van der Waals surface area (Å²) in [4.78, 5) is 29.7. The van der Waals surface area contributed by atoms with Gasteiger partial charge in [-0.15, -0.1) is 0 Å². The number of carbonyl (C=O) groups excluding carboxylic acids is 1. The molecular weight excluding hydrogens is 437 g/mol. The van der Waals surface area contributed by atoms with E-state index < -0.39 is 11.4 Å². The molecule has 1 atom stereocenters. The number of hydrogen-bond acceptors (Lipinski definition) is 7. The topological polar surface area (TPSA) is 95.0 Å². The van der Waals surface area contributed by atoms with Crippen molar-refractivity contribution in [2.24, 2.45) is 4.99 Å². The molecule has 1 aromatic carbocycles. The number of rotatable bonds is 6. The number of anilines is 1. The number of amides is 2. The predicted octanol–water partition coefficient (Wildman–Crippen LogP) is 2.85. The second-order valence-electron chi connectivity index (χ2n) is 9.12. The van der Waals surface area contributed by atoms with Gasteiger partial charge in [0.2, 0.25) is 0 Å². The zero-order chi connectivity index (χ0) is 24.5. The molecule has 2 amide bonds. The van der Waals surface area contributed by atoms with Gasteiger partial charge >= 0.3 is 12.0 Å². The summed E-state index contributed by atoms with van der Waals surface area (Å²) in [5.41, 5.74) is 2.39. The van der Waals surface area contributed by atoms with Gasteiger partial charge in [-0.2, -0.15) is 4.98 Å². The standard InChI is InChI=1S/C24H30FN7O2/c1-24(2)17-11-26-20(29-21-18(25)12-27-22(30-21)34-5)16(17)13-32(24)23(33)28-19(14-31(3)4)15-9-7-6-8-10-15/h6-10,12,19H,11,13-14H2,1-5H3,(H,28,33)(H,26,27,29,30)/t19-/m1/s1. The maximum Gasteiger partial charge on any atom is 0.318 e. The van der Waals surface area contributed by atoms with E-state index in [1.807, 2.05) is 63.2 Å². The molecule has 2 aliphatic rings. The second kappa shape index (κ2) is 9.38. The average molecular weight is 468 g/mol. The number of benzene rings is 1. The molecule has 0 unspecified atom stereocenters. The van der Waals surface area contributed by atoms with E-state index in [1.54, 1.807) is 4.90 Å². The number of aliphatic imine (C=N–C) groups is 1. The van der Waals surface area contributed by atoms with Crippen molar-refractivity contribution in [2.75, 3.05) is 46.2 Å². The SMILES string of the molecule is COc1ncc(F)c(NC2=NCC3=C2CN(C(=O)N[C@H](CN(C)C)c2ccccc2)C3(C)C)n1. The maximum atomic E-state index is 14.3. The van der Waals surface area contributed by atoms with Crippen molar-refractivity contribution in [3.05, 3.63) is 59.1 Å². The first-order valence-corrected chi connectivity index (χ1v) is 11.1. The van der Waals surface area contributed by atoms with Gasteiger partial charge in [0.1, 0.15) is 5.84 Å². The summed E-state index contributed by atoms with van der Waals surface area (Å²) < 4.78 is 19.3. The molecule has 2 N–H and O–H groups in total. The van der Waals surface area contributed by atoms with Crippen LogP contribution in [0.1, 0.15) is 25.5 Å². The lowest BCUT2D eigenvalue weighted by Gasteiger charge is -2.36. The summed E-state index contributed by atoms with van der Waals surface area (Å²) >= 11 is 0. The van der Waals surface area contributed by atoms with Crippen LogP contribution in [0.4, 0.5) is 15.0 Å². The van der Waals surface area contributed by atoms with Crippen molar-refractivity contribution < 1.29 is 13.9 Å². The molecule has 0 saturated carbocycles. The number of nitrogens with zero attached hydrogens (tertiary/aromatic N) is 5. The van der Waals surface area contributed by atoms with Gasteiger partial charge in [0.05, 0.1) is 38.0 Å². The van der Waals surface area contributed by atoms with Crippen LogP contribution in [0, 0.1) is 5.82 Å². The Balaban J connectivity index is 1.52. The van der Waals surface area contributed by atoms with Crippen LogP contribution in [0.15, 0.2) is 52.7 Å². The van der Waals surface area contributed by atoms with Crippen molar-refractivity contribution in [1.82, 2.24) is 25.1 Å². The molecule has 4 rings (SSSR count). The molecule has 0 radical (unpaired) electrons. The third kappa shape index (κ3) is 4.58. The number of methoxy groups -OCH3 is 1. The number of amidine groups is 1. The van der Waals surface area contributed by atoms with Crippen LogP contribution in [0.3, 0.4) is 0 Å². The summed E-state index contributed by atoms with van der Waals surface area (Å²) in [5.74, 6) is -0.125. The van der Waals surface area contributed by atoms with E-state index in [0.29, 0.717) is 25.5 Å². The highest BCUT2D eigenvalue weighted by atomic mass is 19.1. The molecule has 34 heavy (non-hydrogen) atoms. The first kappa shape index (κ1) is 23.6. The van der Waals surface area contributed by atoms with Crippen LogP contribution in [-0.4, -0.2) is 78.0 Å². The lowest BCUT2D eigenvalue weighted by Crippen LogP contribution is -2.52. The highest BCUT2D eigenvalue weighted by Crippen LogP contribution is 2.38. The third-order valence-corrected chi connectivity index (χ3v) is 6.21. The number of aromatic nitrogens is 2. The molecule has 0 spiro atoms. The molecule has 9 nitrogen and oxygen atoms in total. The predicted molar refractivity (Wildman–Crippen MR) is 129 cm³/mol.